The van der Waals surface area contributed by atoms with Crippen molar-refractivity contribution < 1.29 is 18.7 Å². The van der Waals surface area contributed by atoms with Crippen molar-refractivity contribution in [2.45, 2.75) is 26.0 Å². The summed E-state index contributed by atoms with van der Waals surface area (Å²) in [4.78, 5) is 24.5. The van der Waals surface area contributed by atoms with Crippen molar-refractivity contribution in [3.63, 3.8) is 0 Å². The number of rotatable bonds is 7. The van der Waals surface area contributed by atoms with E-state index < -0.39 is 18.0 Å². The van der Waals surface area contributed by atoms with E-state index in [1.165, 1.54) is 17.9 Å². The van der Waals surface area contributed by atoms with Crippen molar-refractivity contribution in [1.82, 2.24) is 20.1 Å². The average Bonchev–Trinajstić information content (AvgIpc) is 3.41. The molecule has 4 rings (SSSR count). The Morgan fingerprint density at radius 2 is 1.94 bits per heavy atom. The van der Waals surface area contributed by atoms with Crippen molar-refractivity contribution in [2.24, 2.45) is 0 Å². The first-order valence-electron chi connectivity index (χ1n) is 9.93. The highest BCUT2D eigenvalue weighted by atomic mass is 19.1. The monoisotopic (exact) mass is 423 g/mol. The second-order valence-electron chi connectivity index (χ2n) is 7.36. The maximum atomic E-state index is 14.8. The van der Waals surface area contributed by atoms with Crippen molar-refractivity contribution >= 4 is 17.7 Å². The molecule has 1 N–H and O–H groups in total. The van der Waals surface area contributed by atoms with E-state index in [4.69, 9.17) is 4.74 Å². The molecule has 0 bridgehead atoms. The summed E-state index contributed by atoms with van der Waals surface area (Å²) >= 11 is 0. The van der Waals surface area contributed by atoms with Crippen LogP contribution < -0.4 is 10.2 Å². The number of aryl methyl sites for hydroxylation is 2. The molecule has 0 unspecified atom stereocenters. The van der Waals surface area contributed by atoms with Gasteiger partial charge in [0.05, 0.1) is 18.8 Å². The van der Waals surface area contributed by atoms with Crippen LogP contribution in [0.3, 0.4) is 0 Å². The van der Waals surface area contributed by atoms with Crippen LogP contribution in [-0.4, -0.2) is 46.0 Å². The summed E-state index contributed by atoms with van der Waals surface area (Å²) in [6.45, 7) is 2.64. The van der Waals surface area contributed by atoms with Gasteiger partial charge in [-0.15, -0.1) is 10.2 Å². The quantitative estimate of drug-likeness (QED) is 0.631. The lowest BCUT2D eigenvalue weighted by Crippen LogP contribution is -2.33. The molecule has 3 aromatic rings. The number of amides is 2. The molecule has 0 aliphatic carbocycles. The van der Waals surface area contributed by atoms with Gasteiger partial charge in [0.25, 0.3) is 0 Å². The molecule has 1 fully saturated rings. The minimum atomic E-state index is -0.556. The van der Waals surface area contributed by atoms with Crippen LogP contribution in [0.15, 0.2) is 55.1 Å². The fourth-order valence-electron chi connectivity index (χ4n) is 3.45. The minimum Gasteiger partial charge on any atom is -0.442 e. The summed E-state index contributed by atoms with van der Waals surface area (Å²) in [5.74, 6) is -0.623. The van der Waals surface area contributed by atoms with E-state index in [1.54, 1.807) is 24.8 Å². The van der Waals surface area contributed by atoms with Gasteiger partial charge in [0, 0.05) is 19.0 Å². The molecule has 31 heavy (non-hydrogen) atoms. The van der Waals surface area contributed by atoms with Gasteiger partial charge in [-0.2, -0.15) is 0 Å². The molecule has 1 aliphatic heterocycles. The van der Waals surface area contributed by atoms with Crippen LogP contribution in [0.1, 0.15) is 12.5 Å². The normalized spacial score (nSPS) is 15.7. The fourth-order valence-corrected chi connectivity index (χ4v) is 3.45. The number of nitrogens with one attached hydrogen (secondary N) is 1. The molecule has 1 saturated heterocycles. The van der Waals surface area contributed by atoms with E-state index in [0.717, 1.165) is 24.1 Å². The van der Waals surface area contributed by atoms with Crippen molar-refractivity contribution in [2.75, 3.05) is 18.0 Å². The maximum absolute atomic E-state index is 14.8. The first kappa shape index (κ1) is 20.5. The van der Waals surface area contributed by atoms with Crippen LogP contribution in [-0.2, 0) is 22.5 Å². The lowest BCUT2D eigenvalue weighted by Gasteiger charge is -2.15. The van der Waals surface area contributed by atoms with Crippen LogP contribution in [0.2, 0.25) is 0 Å². The third-order valence-corrected chi connectivity index (χ3v) is 5.11. The number of aromatic nitrogens is 3. The predicted molar refractivity (Wildman–Crippen MR) is 112 cm³/mol. The first-order chi connectivity index (χ1) is 15.0. The lowest BCUT2D eigenvalue weighted by molar-refractivity contribution is -0.119. The van der Waals surface area contributed by atoms with Crippen molar-refractivity contribution in [3.8, 4) is 11.1 Å². The Morgan fingerprint density at radius 1 is 1.19 bits per heavy atom. The number of carbonyl (C=O) groups excluding carboxylic acids is 2. The molecule has 8 nitrogen and oxygen atoms in total. The van der Waals surface area contributed by atoms with E-state index in [2.05, 4.69) is 15.5 Å². The number of nitrogens with zero attached hydrogens (tertiary/aromatic N) is 4. The number of halogens is 1. The van der Waals surface area contributed by atoms with Crippen molar-refractivity contribution in [1.29, 1.82) is 0 Å². The summed E-state index contributed by atoms with van der Waals surface area (Å²) in [5.41, 5.74) is 2.75. The zero-order chi connectivity index (χ0) is 21.8. The highest BCUT2D eigenvalue weighted by molar-refractivity contribution is 5.90. The number of benzene rings is 2. The summed E-state index contributed by atoms with van der Waals surface area (Å²) in [6, 6.07) is 12.4. The first-order valence-corrected chi connectivity index (χ1v) is 9.93. The van der Waals surface area contributed by atoms with E-state index in [9.17, 15) is 14.0 Å². The van der Waals surface area contributed by atoms with E-state index >= 15 is 0 Å². The third kappa shape index (κ3) is 4.88. The van der Waals surface area contributed by atoms with Crippen LogP contribution in [0.5, 0.6) is 0 Å². The number of anilines is 1. The molecule has 160 valence electrons. The maximum Gasteiger partial charge on any atom is 0.414 e. The predicted octanol–water partition coefficient (Wildman–Crippen LogP) is 2.79. The molecule has 0 spiro atoms. The van der Waals surface area contributed by atoms with Gasteiger partial charge in [-0.05, 0) is 35.7 Å². The third-order valence-electron chi connectivity index (χ3n) is 5.11. The molecule has 9 heteroatoms. The van der Waals surface area contributed by atoms with Gasteiger partial charge >= 0.3 is 6.09 Å². The summed E-state index contributed by atoms with van der Waals surface area (Å²) in [6.07, 6.45) is 3.13. The zero-order valence-corrected chi connectivity index (χ0v) is 17.0. The second kappa shape index (κ2) is 8.95. The van der Waals surface area contributed by atoms with Gasteiger partial charge in [0.15, 0.2) is 0 Å². The van der Waals surface area contributed by atoms with Gasteiger partial charge in [0.1, 0.15) is 24.6 Å². The minimum absolute atomic E-state index is 0.199. The number of ether oxygens (including phenoxy) is 1. The summed E-state index contributed by atoms with van der Waals surface area (Å²) in [5, 5.41) is 10.2. The highest BCUT2D eigenvalue weighted by Crippen LogP contribution is 2.29. The molecular weight excluding hydrogens is 401 g/mol. The van der Waals surface area contributed by atoms with Gasteiger partial charge in [-0.3, -0.25) is 9.69 Å². The summed E-state index contributed by atoms with van der Waals surface area (Å²) in [7, 11) is 0. The average molecular weight is 423 g/mol. The molecule has 1 aromatic heterocycles. The van der Waals surface area contributed by atoms with Gasteiger partial charge in [0.2, 0.25) is 5.91 Å². The van der Waals surface area contributed by atoms with E-state index in [-0.39, 0.29) is 19.0 Å². The number of hydrogen-bond donors (Lipinski definition) is 1. The number of carbonyl (C=O) groups is 2. The van der Waals surface area contributed by atoms with Crippen LogP contribution >= 0.6 is 0 Å². The Labute approximate surface area is 178 Å². The SMILES string of the molecule is CC(=O)NC[C@H]1CN(c2ccc(-c3ccc(CCn4cnnc4)cc3)c(F)c2)C(=O)O1. The fraction of sp³-hybridized carbons (Fsp3) is 0.273. The van der Waals surface area contributed by atoms with Gasteiger partial charge in [-0.25, -0.2) is 9.18 Å². The summed E-state index contributed by atoms with van der Waals surface area (Å²) < 4.78 is 22.0. The largest absolute Gasteiger partial charge is 0.442 e. The van der Waals surface area contributed by atoms with Crippen LogP contribution in [0, 0.1) is 5.82 Å². The molecule has 1 aliphatic rings. The van der Waals surface area contributed by atoms with Gasteiger partial charge < -0.3 is 14.6 Å². The Morgan fingerprint density at radius 3 is 2.61 bits per heavy atom. The Bertz CT molecular complexity index is 1070. The highest BCUT2D eigenvalue weighted by Gasteiger charge is 2.32. The molecule has 2 amide bonds. The van der Waals surface area contributed by atoms with E-state index in [0.29, 0.717) is 11.3 Å². The number of hydrogen-bond acceptors (Lipinski definition) is 5. The standard InChI is InChI=1S/C22H22FN5O3/c1-15(29)24-11-19-12-28(22(30)31-19)18-6-7-20(21(23)10-18)17-4-2-16(3-5-17)8-9-27-13-25-26-14-27/h2-7,10,13-14,19H,8-9,11-12H2,1H3,(H,24,29)/t19-/m0/s1. The topological polar surface area (TPSA) is 89.4 Å². The molecule has 2 heterocycles. The zero-order valence-electron chi connectivity index (χ0n) is 17.0. The van der Waals surface area contributed by atoms with Crippen LogP contribution in [0.4, 0.5) is 14.9 Å². The molecular formula is C22H22FN5O3. The van der Waals surface area contributed by atoms with Crippen LogP contribution in [0.25, 0.3) is 11.1 Å². The Kier molecular flexibility index (Phi) is 5.92. The Hall–Kier alpha value is -3.75. The lowest BCUT2D eigenvalue weighted by atomic mass is 10.0. The molecule has 1 atom stereocenters. The van der Waals surface area contributed by atoms with E-state index in [1.807, 2.05) is 28.8 Å². The number of cyclic esters (lactones) is 1. The Balaban J connectivity index is 1.42. The second-order valence-corrected chi connectivity index (χ2v) is 7.36. The molecule has 0 saturated carbocycles. The molecule has 0 radical (unpaired) electrons. The molecule has 2 aromatic carbocycles. The smallest absolute Gasteiger partial charge is 0.414 e. The van der Waals surface area contributed by atoms with Gasteiger partial charge in [-0.1, -0.05) is 24.3 Å². The van der Waals surface area contributed by atoms with Crippen molar-refractivity contribution in [3.05, 3.63) is 66.5 Å².